The normalized spacial score (nSPS) is 9.75. The Hall–Kier alpha value is -1.44. The summed E-state index contributed by atoms with van der Waals surface area (Å²) in [4.78, 5) is 0. The molecule has 0 saturated carbocycles. The molecule has 0 bridgehead atoms. The van der Waals surface area contributed by atoms with Crippen molar-refractivity contribution in [1.29, 1.82) is 0 Å². The quantitative estimate of drug-likeness (QED) is 0.528. The molecule has 0 aliphatic heterocycles. The number of aliphatic hydroxyl groups is 1. The van der Waals surface area contributed by atoms with Crippen molar-refractivity contribution in [2.75, 3.05) is 21.0 Å². The lowest BCUT2D eigenvalue weighted by Crippen LogP contribution is -2.27. The van der Waals surface area contributed by atoms with Gasteiger partial charge in [-0.3, -0.25) is 0 Å². The van der Waals surface area contributed by atoms with E-state index in [-0.39, 0.29) is 5.75 Å². The van der Waals surface area contributed by atoms with Crippen LogP contribution in [0, 0.1) is 0 Å². The van der Waals surface area contributed by atoms with Crippen LogP contribution in [0.3, 0.4) is 0 Å². The fraction of sp³-hybridized carbons (Fsp3) is 0.333. The van der Waals surface area contributed by atoms with Crippen molar-refractivity contribution in [3.05, 3.63) is 18.2 Å². The van der Waals surface area contributed by atoms with E-state index in [4.69, 9.17) is 19.2 Å². The molecule has 6 nitrogen and oxygen atoms in total. The van der Waals surface area contributed by atoms with E-state index >= 15 is 0 Å². The molecule has 1 aromatic carbocycles. The molecule has 0 aromatic heterocycles. The number of ether oxygens (including phenoxy) is 2. The smallest absolute Gasteiger partial charge is 0.506 e. The van der Waals surface area contributed by atoms with Crippen molar-refractivity contribution < 1.29 is 28.9 Å². The summed E-state index contributed by atoms with van der Waals surface area (Å²) < 4.78 is 19.5. The third-order valence-electron chi connectivity index (χ3n) is 1.82. The Bertz CT molecular complexity index is 310. The van der Waals surface area contributed by atoms with Gasteiger partial charge in [-0.05, 0) is 12.1 Å². The van der Waals surface area contributed by atoms with Crippen LogP contribution in [0.2, 0.25) is 0 Å². The average Bonchev–Trinajstić information content (AvgIpc) is 2.29. The molecule has 0 atom stereocenters. The van der Waals surface area contributed by atoms with Crippen molar-refractivity contribution in [2.24, 2.45) is 0 Å². The third-order valence-corrected chi connectivity index (χ3v) is 1.82. The molecule has 0 fully saturated rings. The topological polar surface area (TPSA) is 77.4 Å². The Morgan fingerprint density at radius 1 is 1.19 bits per heavy atom. The number of para-hydroxylation sites is 1. The predicted octanol–water partition coefficient (Wildman–Crippen LogP) is 0.0262. The maximum Gasteiger partial charge on any atom is 0.712 e. The number of rotatable bonds is 6. The van der Waals surface area contributed by atoms with Gasteiger partial charge in [-0.1, -0.05) is 6.07 Å². The molecule has 16 heavy (non-hydrogen) atoms. The molecular weight excluding hydrogens is 215 g/mol. The van der Waals surface area contributed by atoms with Gasteiger partial charge in [0.25, 0.3) is 0 Å². The van der Waals surface area contributed by atoms with Crippen LogP contribution in [0.4, 0.5) is 0 Å². The molecule has 7 heteroatoms. The Morgan fingerprint density at radius 2 is 1.75 bits per heavy atom. The fourth-order valence-corrected chi connectivity index (χ4v) is 1.13. The van der Waals surface area contributed by atoms with Gasteiger partial charge < -0.3 is 28.9 Å². The minimum absolute atomic E-state index is 0.202. The molecule has 0 spiro atoms. The molecule has 0 unspecified atom stereocenters. The molecule has 0 heterocycles. The Kier molecular flexibility index (Phi) is 4.91. The third kappa shape index (κ3) is 3.03. The van der Waals surface area contributed by atoms with Crippen molar-refractivity contribution in [2.45, 2.75) is 0 Å². The minimum atomic E-state index is -1.59. The van der Waals surface area contributed by atoms with Crippen molar-refractivity contribution in [1.82, 2.24) is 0 Å². The maximum atomic E-state index is 9.23. The lowest BCUT2D eigenvalue weighted by Gasteiger charge is -2.15. The molecule has 0 radical (unpaired) electrons. The summed E-state index contributed by atoms with van der Waals surface area (Å²) in [5, 5.41) is 17.7. The second kappa shape index (κ2) is 6.21. The first-order valence-electron chi connectivity index (χ1n) is 4.51. The Labute approximate surface area is 93.5 Å². The molecule has 1 rings (SSSR count). The predicted molar refractivity (Wildman–Crippen MR) is 56.3 cm³/mol. The highest BCUT2D eigenvalue weighted by molar-refractivity contribution is 6.35. The Balaban J connectivity index is 2.90. The van der Waals surface area contributed by atoms with E-state index in [0.717, 1.165) is 0 Å². The van der Waals surface area contributed by atoms with E-state index in [0.29, 0.717) is 11.5 Å². The van der Waals surface area contributed by atoms with Gasteiger partial charge in [0.2, 0.25) is 0 Å². The van der Waals surface area contributed by atoms with E-state index in [1.807, 2.05) is 0 Å². The van der Waals surface area contributed by atoms with Gasteiger partial charge in [-0.25, -0.2) is 0 Å². The molecule has 2 N–H and O–H groups in total. The van der Waals surface area contributed by atoms with Crippen LogP contribution in [0.1, 0.15) is 0 Å². The lowest BCUT2D eigenvalue weighted by atomic mass is 10.2. The maximum absolute atomic E-state index is 9.23. The summed E-state index contributed by atoms with van der Waals surface area (Å²) in [6, 6.07) is 5.00. The fourth-order valence-electron chi connectivity index (χ4n) is 1.13. The summed E-state index contributed by atoms with van der Waals surface area (Å²) in [6.45, 7) is -0.654. The van der Waals surface area contributed by atoms with Crippen molar-refractivity contribution >= 4 is 7.32 Å². The Morgan fingerprint density at radius 3 is 2.19 bits per heavy atom. The highest BCUT2D eigenvalue weighted by Gasteiger charge is 2.22. The summed E-state index contributed by atoms with van der Waals surface area (Å²) in [5.41, 5.74) is 0. The van der Waals surface area contributed by atoms with Gasteiger partial charge >= 0.3 is 7.32 Å². The van der Waals surface area contributed by atoms with Gasteiger partial charge in [0.1, 0.15) is 6.79 Å². The monoisotopic (exact) mass is 228 g/mol. The lowest BCUT2D eigenvalue weighted by molar-refractivity contribution is 0.0559. The largest absolute Gasteiger partial charge is 0.712 e. The van der Waals surface area contributed by atoms with Crippen LogP contribution in [0.25, 0.3) is 0 Å². The summed E-state index contributed by atoms with van der Waals surface area (Å²) in [6.07, 6.45) is 0. The van der Waals surface area contributed by atoms with Crippen LogP contribution in [-0.2, 0) is 4.65 Å². The van der Waals surface area contributed by atoms with Crippen LogP contribution in [0.5, 0.6) is 17.2 Å². The van der Waals surface area contributed by atoms with Gasteiger partial charge in [0.15, 0.2) is 17.2 Å². The molecule has 88 valence electrons. The van der Waals surface area contributed by atoms with Crippen LogP contribution < -0.4 is 14.1 Å². The first-order chi connectivity index (χ1) is 7.72. The minimum Gasteiger partial charge on any atom is -0.506 e. The molecule has 0 saturated heterocycles. The van der Waals surface area contributed by atoms with Gasteiger partial charge in [-0.15, -0.1) is 0 Å². The molecule has 0 amide bonds. The first kappa shape index (κ1) is 12.6. The van der Waals surface area contributed by atoms with Gasteiger partial charge in [0, 0.05) is 0 Å². The zero-order valence-electron chi connectivity index (χ0n) is 9.04. The van der Waals surface area contributed by atoms with Crippen LogP contribution in [0.15, 0.2) is 18.2 Å². The molecular formula is C9H13BO6. The van der Waals surface area contributed by atoms with Gasteiger partial charge in [-0.2, -0.15) is 0 Å². The second-order valence-corrected chi connectivity index (χ2v) is 2.71. The van der Waals surface area contributed by atoms with E-state index in [1.54, 1.807) is 18.2 Å². The number of aliphatic hydroxyl groups excluding tert-OH is 1. The zero-order valence-corrected chi connectivity index (χ0v) is 9.04. The highest BCUT2D eigenvalue weighted by Crippen LogP contribution is 2.36. The average molecular weight is 228 g/mol. The standard InChI is InChI=1S/C9H13BO6/c1-13-7-4-3-5-8(14-2)9(7)16-10(12)15-6-11/h3-5,11-12H,6H2,1-2H3. The van der Waals surface area contributed by atoms with Gasteiger partial charge in [0.05, 0.1) is 14.2 Å². The van der Waals surface area contributed by atoms with E-state index in [1.165, 1.54) is 14.2 Å². The van der Waals surface area contributed by atoms with Crippen LogP contribution in [-0.4, -0.2) is 38.5 Å². The van der Waals surface area contributed by atoms with Crippen molar-refractivity contribution in [3.8, 4) is 17.2 Å². The zero-order chi connectivity index (χ0) is 12.0. The first-order valence-corrected chi connectivity index (χ1v) is 4.51. The van der Waals surface area contributed by atoms with E-state index in [2.05, 4.69) is 4.65 Å². The number of benzene rings is 1. The SMILES string of the molecule is COc1cccc(OC)c1OB(O)OCO. The summed E-state index contributed by atoms with van der Waals surface area (Å²) >= 11 is 0. The van der Waals surface area contributed by atoms with Crippen LogP contribution >= 0.6 is 0 Å². The number of hydrogen-bond acceptors (Lipinski definition) is 6. The number of hydrogen-bond donors (Lipinski definition) is 2. The van der Waals surface area contributed by atoms with Crippen molar-refractivity contribution in [3.63, 3.8) is 0 Å². The second-order valence-electron chi connectivity index (χ2n) is 2.71. The number of methoxy groups -OCH3 is 2. The molecule has 1 aromatic rings. The summed E-state index contributed by atoms with van der Waals surface area (Å²) in [5.74, 6) is 0.980. The summed E-state index contributed by atoms with van der Waals surface area (Å²) in [7, 11) is 1.33. The van der Waals surface area contributed by atoms with E-state index in [9.17, 15) is 5.02 Å². The highest BCUT2D eigenvalue weighted by atomic mass is 16.7. The molecule has 0 aliphatic carbocycles. The molecule has 0 aliphatic rings. The van der Waals surface area contributed by atoms with E-state index < -0.39 is 14.1 Å².